The van der Waals surface area contributed by atoms with Gasteiger partial charge in [0, 0.05) is 24.3 Å². The van der Waals surface area contributed by atoms with E-state index in [-0.39, 0.29) is 11.6 Å². The number of ketones is 1. The minimum atomic E-state index is -4.93. The van der Waals surface area contributed by atoms with E-state index >= 15 is 0 Å². The summed E-state index contributed by atoms with van der Waals surface area (Å²) in [5.74, 6) is -1.89. The predicted octanol–water partition coefficient (Wildman–Crippen LogP) is 10.2. The zero-order chi connectivity index (χ0) is 44.6. The van der Waals surface area contributed by atoms with E-state index in [2.05, 4.69) is 15.6 Å². The summed E-state index contributed by atoms with van der Waals surface area (Å²) in [7, 11) is -0.457. The quantitative estimate of drug-likeness (QED) is 0.0618. The van der Waals surface area contributed by atoms with E-state index in [1.165, 1.54) is 30.7 Å². The molecule has 4 rings (SSSR count). The van der Waals surface area contributed by atoms with E-state index in [1.807, 2.05) is 27.7 Å². The van der Waals surface area contributed by atoms with Gasteiger partial charge < -0.3 is 15.0 Å². The third kappa shape index (κ3) is 15.2. The molecule has 0 radical (unpaired) electrons. The second-order valence-electron chi connectivity index (χ2n) is 12.5. The van der Waals surface area contributed by atoms with Gasteiger partial charge >= 0.3 is 12.4 Å². The van der Waals surface area contributed by atoms with Gasteiger partial charge in [0.2, 0.25) is 10.0 Å². The summed E-state index contributed by atoms with van der Waals surface area (Å²) in [6.07, 6.45) is -8.25. The molecule has 0 fully saturated rings. The van der Waals surface area contributed by atoms with Crippen LogP contribution in [0.2, 0.25) is 0 Å². The van der Waals surface area contributed by atoms with Crippen molar-refractivity contribution in [2.75, 3.05) is 32.6 Å². The average molecular weight is 855 g/mol. The number of oxime groups is 2. The smallest absolute Gasteiger partial charge is 0.399 e. The number of Topliss-reactive ketones (excluding diaryl/α,β-unsaturated/α-hetero) is 1. The van der Waals surface area contributed by atoms with Crippen molar-refractivity contribution in [2.45, 2.75) is 64.7 Å². The summed E-state index contributed by atoms with van der Waals surface area (Å²) in [4.78, 5) is 32.6. The normalized spacial score (nSPS) is 12.1. The lowest BCUT2D eigenvalue weighted by atomic mass is 10.0. The summed E-state index contributed by atoms with van der Waals surface area (Å²) >= 11 is 0. The number of carbonyl (C=O) groups is 2. The highest BCUT2D eigenvalue weighted by molar-refractivity contribution is 7.89. The number of benzene rings is 4. The third-order valence-electron chi connectivity index (χ3n) is 7.99. The molecule has 0 saturated heterocycles. The van der Waals surface area contributed by atoms with Gasteiger partial charge in [-0.05, 0) is 99.3 Å². The first-order chi connectivity index (χ1) is 27.6. The van der Waals surface area contributed by atoms with Gasteiger partial charge in [-0.3, -0.25) is 9.59 Å². The lowest BCUT2D eigenvalue weighted by Gasteiger charge is -2.21. The van der Waals surface area contributed by atoms with Crippen LogP contribution in [0.5, 0.6) is 0 Å². The van der Waals surface area contributed by atoms with Crippen molar-refractivity contribution in [3.05, 3.63) is 130 Å². The molecule has 59 heavy (non-hydrogen) atoms. The van der Waals surface area contributed by atoms with Gasteiger partial charge in [0.05, 0.1) is 33.0 Å². The van der Waals surface area contributed by atoms with E-state index in [9.17, 15) is 48.7 Å². The molecule has 18 heteroatoms. The van der Waals surface area contributed by atoms with Crippen LogP contribution in [0.15, 0.2) is 106 Å². The summed E-state index contributed by atoms with van der Waals surface area (Å²) in [5, 5.41) is 10.3. The summed E-state index contributed by atoms with van der Waals surface area (Å²) in [6, 6.07) is 20.4. The molecule has 0 saturated carbocycles. The molecule has 4 aromatic carbocycles. The maximum absolute atomic E-state index is 13.5. The summed E-state index contributed by atoms with van der Waals surface area (Å²) in [6.45, 7) is 9.57. The van der Waals surface area contributed by atoms with Crippen LogP contribution >= 0.6 is 0 Å². The largest absolute Gasteiger partial charge is 0.416 e. The maximum Gasteiger partial charge on any atom is 0.416 e. The highest BCUT2D eigenvalue weighted by atomic mass is 32.2. The van der Waals surface area contributed by atoms with Crippen molar-refractivity contribution >= 4 is 38.8 Å². The monoisotopic (exact) mass is 854 g/mol. The molecule has 1 N–H and O–H groups in total. The number of alkyl halides is 6. The molecule has 0 aromatic heterocycles. The number of nitrogens with one attached hydrogen (secondary N) is 1. The summed E-state index contributed by atoms with van der Waals surface area (Å²) < 4.78 is 114. The highest BCUT2D eigenvalue weighted by Crippen LogP contribution is 2.36. The van der Waals surface area contributed by atoms with Gasteiger partial charge in [0.25, 0.3) is 5.91 Å². The Balaban J connectivity index is 0.000000307. The van der Waals surface area contributed by atoms with Crippen molar-refractivity contribution in [3.8, 4) is 0 Å². The van der Waals surface area contributed by atoms with Gasteiger partial charge in [0.1, 0.15) is 20.0 Å². The van der Waals surface area contributed by atoms with E-state index in [0.29, 0.717) is 41.5 Å². The second kappa shape index (κ2) is 22.5. The number of hydrogen-bond donors (Lipinski definition) is 1. The molecule has 0 aliphatic heterocycles. The fourth-order valence-corrected chi connectivity index (χ4v) is 6.67. The highest BCUT2D eigenvalue weighted by Gasteiger charge is 2.37. The number of sulfonamides is 1. The van der Waals surface area contributed by atoms with E-state index < -0.39 is 56.6 Å². The molecule has 0 bridgehead atoms. The zero-order valence-electron chi connectivity index (χ0n) is 33.3. The number of halogens is 7. The molecule has 0 unspecified atom stereocenters. The van der Waals surface area contributed by atoms with Crippen LogP contribution in [0, 0.1) is 5.82 Å². The van der Waals surface area contributed by atoms with Gasteiger partial charge in [-0.15, -0.1) is 0 Å². The van der Waals surface area contributed by atoms with Crippen LogP contribution in [-0.2, 0) is 32.1 Å². The third-order valence-corrected chi connectivity index (χ3v) is 9.90. The Hall–Kier alpha value is -5.62. The standard InChI is InChI=1S/C16H15FN2O2.C15H24N2O3S.C10H6F6O/c1-11(19-21-2)12-7-9-13(10-8-12)18-16(20)14-5-3-4-6-15(14)17;1-5-11-17(12-6-2)21(18,19)15-9-7-14(8-10-15)13(3)16-20-4;1-5(17)6-2-7(9(11,12)13)4-8(3-6)10(14,15)16/h3-10H,1-2H3,(H,18,20);7-10H,5-6,11-12H2,1-4H3;2-4H,1H3. The molecule has 320 valence electrons. The van der Waals surface area contributed by atoms with Crippen LogP contribution < -0.4 is 5.32 Å². The first-order valence-corrected chi connectivity index (χ1v) is 19.3. The molecule has 0 spiro atoms. The topological polar surface area (TPSA) is 127 Å². The summed E-state index contributed by atoms with van der Waals surface area (Å²) in [5.41, 5.74) is 0.150. The molecule has 0 heterocycles. The number of rotatable bonds is 13. The van der Waals surface area contributed by atoms with Crippen LogP contribution in [0.3, 0.4) is 0 Å². The van der Waals surface area contributed by atoms with Crippen LogP contribution in [0.25, 0.3) is 0 Å². The van der Waals surface area contributed by atoms with E-state index in [4.69, 9.17) is 9.68 Å². The Bertz CT molecular complexity index is 2140. The first kappa shape index (κ1) is 49.5. The molecule has 1 amide bonds. The van der Waals surface area contributed by atoms with E-state index in [0.717, 1.165) is 36.6 Å². The van der Waals surface area contributed by atoms with Gasteiger partial charge in [-0.25, -0.2) is 12.8 Å². The Morgan fingerprint density at radius 1 is 0.678 bits per heavy atom. The van der Waals surface area contributed by atoms with Crippen molar-refractivity contribution in [1.29, 1.82) is 0 Å². The maximum atomic E-state index is 13.5. The molecule has 0 aliphatic carbocycles. The van der Waals surface area contributed by atoms with Crippen molar-refractivity contribution in [2.24, 2.45) is 10.3 Å². The second-order valence-corrected chi connectivity index (χ2v) is 14.4. The molecular weight excluding hydrogens is 810 g/mol. The van der Waals surface area contributed by atoms with Crippen LogP contribution in [0.4, 0.5) is 36.4 Å². The molecule has 0 atom stereocenters. The van der Waals surface area contributed by atoms with Crippen molar-refractivity contribution in [1.82, 2.24) is 4.31 Å². The van der Waals surface area contributed by atoms with E-state index in [1.54, 1.807) is 60.7 Å². The number of anilines is 1. The Kier molecular flexibility index (Phi) is 18.9. The predicted molar refractivity (Wildman–Crippen MR) is 211 cm³/mol. The lowest BCUT2D eigenvalue weighted by molar-refractivity contribution is -0.143. The fourth-order valence-electron chi connectivity index (χ4n) is 5.04. The van der Waals surface area contributed by atoms with Crippen molar-refractivity contribution < 1.29 is 58.4 Å². The number of carbonyl (C=O) groups excluding carboxylic acids is 2. The Labute approximate surface area is 338 Å². The molecule has 0 aliphatic rings. The number of amides is 1. The van der Waals surface area contributed by atoms with Gasteiger partial charge in [0.15, 0.2) is 5.78 Å². The zero-order valence-corrected chi connectivity index (χ0v) is 34.2. The van der Waals surface area contributed by atoms with Gasteiger partial charge in [-0.2, -0.15) is 30.6 Å². The SMILES string of the molecule is CC(=O)c1cc(C(F)(F)F)cc(C(F)(F)F)c1.CCCN(CCC)S(=O)(=O)c1ccc(C(C)=NOC)cc1.CON=C(C)c1ccc(NC(=O)c2ccccc2F)cc1. The molecule has 10 nitrogen and oxygen atoms in total. The number of nitrogens with zero attached hydrogens (tertiary/aromatic N) is 3. The lowest BCUT2D eigenvalue weighted by Crippen LogP contribution is -2.32. The average Bonchev–Trinajstić information content (AvgIpc) is 3.18. The Morgan fingerprint density at radius 3 is 1.51 bits per heavy atom. The minimum Gasteiger partial charge on any atom is -0.399 e. The Morgan fingerprint density at radius 2 is 1.12 bits per heavy atom. The number of hydrogen-bond acceptors (Lipinski definition) is 8. The van der Waals surface area contributed by atoms with Crippen molar-refractivity contribution in [3.63, 3.8) is 0 Å². The first-order valence-electron chi connectivity index (χ1n) is 17.8. The van der Waals surface area contributed by atoms with Crippen LogP contribution in [0.1, 0.15) is 90.4 Å². The molecule has 4 aromatic rings. The molecular formula is C41H45F7N4O6S. The minimum absolute atomic E-state index is 0.0127. The fraction of sp³-hybridized carbons (Fsp3) is 0.317. The van der Waals surface area contributed by atoms with Crippen LogP contribution in [-0.4, -0.2) is 63.1 Å². The van der Waals surface area contributed by atoms with Gasteiger partial charge in [-0.1, -0.05) is 60.6 Å².